The van der Waals surface area contributed by atoms with Crippen molar-refractivity contribution in [2.24, 2.45) is 0 Å². The number of rotatable bonds is 9. The SMILES string of the molecule is CCNC(=O)C(=O)C(Cc1ccccc1)N(Cc1ccccc1)C(=O)[C@@H]1CCC(=O)N1. The van der Waals surface area contributed by atoms with Crippen molar-refractivity contribution in [2.45, 2.75) is 44.8 Å². The summed E-state index contributed by atoms with van der Waals surface area (Å²) >= 11 is 0. The fraction of sp³-hybridized carbons (Fsp3) is 0.333. The van der Waals surface area contributed by atoms with Crippen LogP contribution in [0.2, 0.25) is 0 Å². The Bertz CT molecular complexity index is 930. The summed E-state index contributed by atoms with van der Waals surface area (Å²) in [5.74, 6) is -1.93. The van der Waals surface area contributed by atoms with Gasteiger partial charge in [0.2, 0.25) is 17.6 Å². The molecule has 1 unspecified atom stereocenters. The summed E-state index contributed by atoms with van der Waals surface area (Å²) in [5, 5.41) is 5.24. The first-order chi connectivity index (χ1) is 15.0. The number of amides is 3. The number of nitrogens with one attached hydrogen (secondary N) is 2. The van der Waals surface area contributed by atoms with Crippen LogP contribution in [0.5, 0.6) is 0 Å². The minimum absolute atomic E-state index is 0.161. The summed E-state index contributed by atoms with van der Waals surface area (Å²) in [5.41, 5.74) is 1.67. The van der Waals surface area contributed by atoms with E-state index in [0.29, 0.717) is 13.0 Å². The molecule has 1 saturated heterocycles. The zero-order valence-electron chi connectivity index (χ0n) is 17.5. The van der Waals surface area contributed by atoms with Crippen LogP contribution in [0.4, 0.5) is 0 Å². The largest absolute Gasteiger partial charge is 0.350 e. The molecular weight excluding hydrogens is 394 g/mol. The molecule has 2 atom stereocenters. The van der Waals surface area contributed by atoms with E-state index in [1.807, 2.05) is 60.7 Å². The normalized spacial score (nSPS) is 16.3. The lowest BCUT2D eigenvalue weighted by molar-refractivity contribution is -0.147. The Morgan fingerprint density at radius 2 is 1.65 bits per heavy atom. The summed E-state index contributed by atoms with van der Waals surface area (Å²) in [6.45, 7) is 2.21. The second-order valence-electron chi connectivity index (χ2n) is 7.54. The van der Waals surface area contributed by atoms with Crippen LogP contribution in [0.15, 0.2) is 60.7 Å². The lowest BCUT2D eigenvalue weighted by Gasteiger charge is -2.32. The van der Waals surface area contributed by atoms with Crippen LogP contribution in [-0.2, 0) is 32.1 Å². The van der Waals surface area contributed by atoms with Crippen molar-refractivity contribution >= 4 is 23.5 Å². The third-order valence-electron chi connectivity index (χ3n) is 5.28. The molecule has 7 nitrogen and oxygen atoms in total. The van der Waals surface area contributed by atoms with Crippen LogP contribution in [-0.4, -0.2) is 47.0 Å². The molecule has 2 N–H and O–H groups in total. The molecule has 0 saturated carbocycles. The van der Waals surface area contributed by atoms with Crippen LogP contribution >= 0.6 is 0 Å². The molecule has 2 aromatic rings. The van der Waals surface area contributed by atoms with E-state index >= 15 is 0 Å². The molecule has 0 aromatic heterocycles. The van der Waals surface area contributed by atoms with E-state index in [4.69, 9.17) is 0 Å². The molecule has 7 heteroatoms. The van der Waals surface area contributed by atoms with Gasteiger partial charge in [0.25, 0.3) is 5.91 Å². The lowest BCUT2D eigenvalue weighted by atomic mass is 9.98. The molecule has 3 rings (SSSR count). The highest BCUT2D eigenvalue weighted by molar-refractivity contribution is 6.38. The average Bonchev–Trinajstić information content (AvgIpc) is 3.23. The number of hydrogen-bond acceptors (Lipinski definition) is 4. The molecule has 1 heterocycles. The van der Waals surface area contributed by atoms with E-state index in [1.54, 1.807) is 6.92 Å². The van der Waals surface area contributed by atoms with Crippen LogP contribution in [0.3, 0.4) is 0 Å². The monoisotopic (exact) mass is 421 g/mol. The van der Waals surface area contributed by atoms with Gasteiger partial charge in [0.1, 0.15) is 12.1 Å². The van der Waals surface area contributed by atoms with Gasteiger partial charge in [-0.2, -0.15) is 0 Å². The van der Waals surface area contributed by atoms with Crippen molar-refractivity contribution in [1.82, 2.24) is 15.5 Å². The summed E-state index contributed by atoms with van der Waals surface area (Å²) in [4.78, 5) is 52.2. The number of carbonyl (C=O) groups excluding carboxylic acids is 4. The fourth-order valence-electron chi connectivity index (χ4n) is 3.70. The highest BCUT2D eigenvalue weighted by Crippen LogP contribution is 2.19. The highest BCUT2D eigenvalue weighted by atomic mass is 16.2. The molecule has 1 aliphatic rings. The van der Waals surface area contributed by atoms with Crippen molar-refractivity contribution < 1.29 is 19.2 Å². The van der Waals surface area contributed by atoms with Gasteiger partial charge in [0, 0.05) is 25.9 Å². The third kappa shape index (κ3) is 5.78. The van der Waals surface area contributed by atoms with Crippen molar-refractivity contribution in [3.05, 3.63) is 71.8 Å². The number of Topliss-reactive ketones (excluding diaryl/α,β-unsaturated/α-hetero) is 1. The number of ketones is 1. The molecule has 3 amide bonds. The van der Waals surface area contributed by atoms with Gasteiger partial charge in [-0.15, -0.1) is 0 Å². The van der Waals surface area contributed by atoms with Gasteiger partial charge in [0.15, 0.2) is 0 Å². The Labute approximate surface area is 181 Å². The van der Waals surface area contributed by atoms with E-state index < -0.39 is 23.8 Å². The third-order valence-corrected chi connectivity index (χ3v) is 5.28. The van der Waals surface area contributed by atoms with Gasteiger partial charge in [0.05, 0.1) is 0 Å². The van der Waals surface area contributed by atoms with Gasteiger partial charge in [-0.1, -0.05) is 60.7 Å². The Kier molecular flexibility index (Phi) is 7.54. The molecule has 31 heavy (non-hydrogen) atoms. The second-order valence-corrected chi connectivity index (χ2v) is 7.54. The van der Waals surface area contributed by atoms with Crippen molar-refractivity contribution in [3.8, 4) is 0 Å². The van der Waals surface area contributed by atoms with Gasteiger partial charge in [-0.3, -0.25) is 19.2 Å². The van der Waals surface area contributed by atoms with Gasteiger partial charge in [-0.05, 0) is 24.5 Å². The molecule has 2 aromatic carbocycles. The quantitative estimate of drug-likeness (QED) is 0.602. The zero-order chi connectivity index (χ0) is 22.2. The standard InChI is InChI=1S/C24H27N3O4/c1-2-25-23(30)22(29)20(15-17-9-5-3-6-10-17)27(16-18-11-7-4-8-12-18)24(31)19-13-14-21(28)26-19/h3-12,19-20H,2,13-16H2,1H3,(H,25,30)(H,26,28)/t19-,20?/m0/s1. The first-order valence-electron chi connectivity index (χ1n) is 10.5. The number of carbonyl (C=O) groups is 4. The van der Waals surface area contributed by atoms with Gasteiger partial charge < -0.3 is 15.5 Å². The van der Waals surface area contributed by atoms with E-state index in [0.717, 1.165) is 11.1 Å². The highest BCUT2D eigenvalue weighted by Gasteiger charge is 2.38. The summed E-state index contributed by atoms with van der Waals surface area (Å²) in [6.07, 6.45) is 0.843. The second kappa shape index (κ2) is 10.5. The smallest absolute Gasteiger partial charge is 0.289 e. The van der Waals surface area contributed by atoms with E-state index in [2.05, 4.69) is 10.6 Å². The Hall–Kier alpha value is -3.48. The molecule has 0 aliphatic carbocycles. The molecule has 0 radical (unpaired) electrons. The minimum atomic E-state index is -0.987. The zero-order valence-corrected chi connectivity index (χ0v) is 17.5. The van der Waals surface area contributed by atoms with Gasteiger partial charge in [-0.25, -0.2) is 0 Å². The van der Waals surface area contributed by atoms with E-state index in [-0.39, 0.29) is 31.2 Å². The van der Waals surface area contributed by atoms with E-state index in [1.165, 1.54) is 4.90 Å². The molecular formula is C24H27N3O4. The molecule has 162 valence electrons. The first-order valence-corrected chi connectivity index (χ1v) is 10.5. The number of benzene rings is 2. The maximum Gasteiger partial charge on any atom is 0.289 e. The fourth-order valence-corrected chi connectivity index (χ4v) is 3.70. The Balaban J connectivity index is 1.97. The summed E-state index contributed by atoms with van der Waals surface area (Å²) in [6, 6.07) is 16.9. The van der Waals surface area contributed by atoms with Crippen molar-refractivity contribution in [2.75, 3.05) is 6.54 Å². The number of likely N-dealkylation sites (N-methyl/N-ethyl adjacent to an activating group) is 1. The number of hydrogen-bond donors (Lipinski definition) is 2. The molecule has 0 bridgehead atoms. The topological polar surface area (TPSA) is 95.6 Å². The number of nitrogens with zero attached hydrogens (tertiary/aromatic N) is 1. The molecule has 1 aliphatic heterocycles. The van der Waals surface area contributed by atoms with Crippen molar-refractivity contribution in [1.29, 1.82) is 0 Å². The first kappa shape index (κ1) is 22.2. The average molecular weight is 421 g/mol. The predicted octanol–water partition coefficient (Wildman–Crippen LogP) is 1.61. The summed E-state index contributed by atoms with van der Waals surface area (Å²) in [7, 11) is 0. The summed E-state index contributed by atoms with van der Waals surface area (Å²) < 4.78 is 0. The lowest BCUT2D eigenvalue weighted by Crippen LogP contribution is -2.54. The predicted molar refractivity (Wildman–Crippen MR) is 116 cm³/mol. The maximum absolute atomic E-state index is 13.4. The van der Waals surface area contributed by atoms with Gasteiger partial charge >= 0.3 is 0 Å². The van der Waals surface area contributed by atoms with Crippen LogP contribution in [0.25, 0.3) is 0 Å². The Morgan fingerprint density at radius 1 is 1.03 bits per heavy atom. The molecule has 0 spiro atoms. The Morgan fingerprint density at radius 3 is 2.19 bits per heavy atom. The van der Waals surface area contributed by atoms with Crippen LogP contribution in [0, 0.1) is 0 Å². The maximum atomic E-state index is 13.4. The van der Waals surface area contributed by atoms with Crippen LogP contribution < -0.4 is 10.6 Å². The van der Waals surface area contributed by atoms with Crippen molar-refractivity contribution in [3.63, 3.8) is 0 Å². The van der Waals surface area contributed by atoms with E-state index in [9.17, 15) is 19.2 Å². The van der Waals surface area contributed by atoms with Crippen LogP contribution in [0.1, 0.15) is 30.9 Å². The molecule has 1 fully saturated rings. The minimum Gasteiger partial charge on any atom is -0.350 e.